The van der Waals surface area contributed by atoms with Crippen LogP contribution in [0.15, 0.2) is 88.2 Å². The van der Waals surface area contributed by atoms with Crippen molar-refractivity contribution >= 4 is 43.5 Å². The summed E-state index contributed by atoms with van der Waals surface area (Å²) in [5, 5.41) is 2.89. The Kier molecular flexibility index (Phi) is 9.32. The molecule has 3 rings (SSSR count). The molecule has 0 saturated heterocycles. The molecular weight excluding hydrogens is 573 g/mol. The highest BCUT2D eigenvalue weighted by Gasteiger charge is 2.33. The maximum absolute atomic E-state index is 13.8. The molecule has 3 aromatic carbocycles. The molecule has 0 fully saturated rings. The van der Waals surface area contributed by atoms with Gasteiger partial charge in [0.2, 0.25) is 11.8 Å². The first-order chi connectivity index (χ1) is 17.8. The van der Waals surface area contributed by atoms with E-state index in [9.17, 15) is 22.4 Å². The van der Waals surface area contributed by atoms with Crippen molar-refractivity contribution in [2.75, 3.05) is 10.8 Å². The van der Waals surface area contributed by atoms with Crippen molar-refractivity contribution in [3.05, 3.63) is 94.7 Å². The summed E-state index contributed by atoms with van der Waals surface area (Å²) < 4.78 is 42.6. The van der Waals surface area contributed by atoms with Gasteiger partial charge in [0.25, 0.3) is 10.0 Å². The average Bonchev–Trinajstić information content (AvgIpc) is 2.85. The molecule has 202 valence electrons. The minimum atomic E-state index is -4.24. The monoisotopic (exact) mass is 603 g/mol. The number of rotatable bonds is 9. The summed E-state index contributed by atoms with van der Waals surface area (Å²) in [5.74, 6) is -1.52. The fraction of sp³-hybridized carbons (Fsp3) is 0.286. The first kappa shape index (κ1) is 29.3. The number of sulfonamides is 1. The van der Waals surface area contributed by atoms with Crippen LogP contribution in [0.2, 0.25) is 0 Å². The number of hydrogen-bond acceptors (Lipinski definition) is 4. The Morgan fingerprint density at radius 1 is 0.974 bits per heavy atom. The van der Waals surface area contributed by atoms with Crippen LogP contribution in [0.25, 0.3) is 0 Å². The number of benzene rings is 3. The normalized spacial score (nSPS) is 12.5. The molecule has 38 heavy (non-hydrogen) atoms. The SMILES string of the molecule is CC(C(=O)NC(C)(C)C)N(Cc1cccc(Br)c1)C(=O)CN(c1ccccc1)S(=O)(=O)c1ccc(F)cc1. The fourth-order valence-electron chi connectivity index (χ4n) is 3.75. The molecule has 1 unspecified atom stereocenters. The molecule has 0 heterocycles. The summed E-state index contributed by atoms with van der Waals surface area (Å²) in [6, 6.07) is 19.0. The van der Waals surface area contributed by atoms with Crippen molar-refractivity contribution in [1.29, 1.82) is 0 Å². The van der Waals surface area contributed by atoms with E-state index < -0.39 is 39.9 Å². The standard InChI is InChI=1S/C28H31BrFN3O4S/c1-20(27(35)31-28(2,3)4)32(18-21-9-8-10-22(29)17-21)26(34)19-33(24-11-6-5-7-12-24)38(36,37)25-15-13-23(30)14-16-25/h5-17,20H,18-19H2,1-4H3,(H,31,35). The first-order valence-corrected chi connectivity index (χ1v) is 14.2. The van der Waals surface area contributed by atoms with Gasteiger partial charge in [-0.15, -0.1) is 0 Å². The zero-order chi connectivity index (χ0) is 28.1. The molecule has 2 amide bonds. The Hall–Kier alpha value is -3.24. The minimum absolute atomic E-state index is 0.0796. The number of anilines is 1. The average molecular weight is 605 g/mol. The Morgan fingerprint density at radius 2 is 1.61 bits per heavy atom. The van der Waals surface area contributed by atoms with Crippen LogP contribution >= 0.6 is 15.9 Å². The fourth-order valence-corrected chi connectivity index (χ4v) is 5.61. The summed E-state index contributed by atoms with van der Waals surface area (Å²) in [7, 11) is -4.24. The lowest BCUT2D eigenvalue weighted by atomic mass is 10.1. The molecule has 0 aromatic heterocycles. The van der Waals surface area contributed by atoms with E-state index in [4.69, 9.17) is 0 Å². The van der Waals surface area contributed by atoms with Gasteiger partial charge in [0.1, 0.15) is 18.4 Å². The van der Waals surface area contributed by atoms with Crippen molar-refractivity contribution in [3.8, 4) is 0 Å². The van der Waals surface area contributed by atoms with Crippen LogP contribution in [-0.4, -0.2) is 43.3 Å². The second-order valence-electron chi connectivity index (χ2n) is 9.87. The van der Waals surface area contributed by atoms with Crippen molar-refractivity contribution in [2.45, 2.75) is 50.7 Å². The van der Waals surface area contributed by atoms with Crippen LogP contribution in [0.3, 0.4) is 0 Å². The molecule has 10 heteroatoms. The first-order valence-electron chi connectivity index (χ1n) is 12.0. The number of nitrogens with zero attached hydrogens (tertiary/aromatic N) is 2. The van der Waals surface area contributed by atoms with E-state index in [0.29, 0.717) is 0 Å². The molecule has 0 aliphatic heterocycles. The number of amides is 2. The minimum Gasteiger partial charge on any atom is -0.350 e. The number of para-hydroxylation sites is 1. The van der Waals surface area contributed by atoms with Gasteiger partial charge in [-0.1, -0.05) is 46.3 Å². The topological polar surface area (TPSA) is 86.8 Å². The van der Waals surface area contributed by atoms with E-state index in [2.05, 4.69) is 21.2 Å². The van der Waals surface area contributed by atoms with Crippen LogP contribution in [0.4, 0.5) is 10.1 Å². The van der Waals surface area contributed by atoms with E-state index in [1.165, 1.54) is 4.90 Å². The summed E-state index contributed by atoms with van der Waals surface area (Å²) in [6.45, 7) is 6.64. The van der Waals surface area contributed by atoms with Crippen LogP contribution < -0.4 is 9.62 Å². The number of carbonyl (C=O) groups excluding carboxylic acids is 2. The molecule has 0 aliphatic carbocycles. The second kappa shape index (κ2) is 12.1. The maximum Gasteiger partial charge on any atom is 0.264 e. The zero-order valence-electron chi connectivity index (χ0n) is 21.7. The quantitative estimate of drug-likeness (QED) is 0.368. The molecule has 0 saturated carbocycles. The van der Waals surface area contributed by atoms with Crippen molar-refractivity contribution < 1.29 is 22.4 Å². The Bertz CT molecular complexity index is 1380. The lowest BCUT2D eigenvalue weighted by Gasteiger charge is -2.33. The summed E-state index contributed by atoms with van der Waals surface area (Å²) >= 11 is 3.43. The van der Waals surface area contributed by atoms with Crippen LogP contribution in [-0.2, 0) is 26.2 Å². The molecule has 7 nitrogen and oxygen atoms in total. The summed E-state index contributed by atoms with van der Waals surface area (Å²) in [4.78, 5) is 28.1. The van der Waals surface area contributed by atoms with Gasteiger partial charge in [-0.05, 0) is 81.8 Å². The Labute approximate surface area is 231 Å². The molecule has 0 radical (unpaired) electrons. The van der Waals surface area contributed by atoms with Gasteiger partial charge in [-0.25, -0.2) is 12.8 Å². The third kappa shape index (κ3) is 7.64. The number of halogens is 2. The number of carbonyl (C=O) groups is 2. The van der Waals surface area contributed by atoms with Gasteiger partial charge in [0.05, 0.1) is 10.6 Å². The number of hydrogen-bond donors (Lipinski definition) is 1. The van der Waals surface area contributed by atoms with Crippen LogP contribution in [0.1, 0.15) is 33.3 Å². The second-order valence-corrected chi connectivity index (χ2v) is 12.6. The lowest BCUT2D eigenvalue weighted by Crippen LogP contribution is -2.54. The van der Waals surface area contributed by atoms with E-state index in [1.807, 2.05) is 45.0 Å². The predicted octanol–water partition coefficient (Wildman–Crippen LogP) is 5.12. The van der Waals surface area contributed by atoms with Gasteiger partial charge >= 0.3 is 0 Å². The highest BCUT2D eigenvalue weighted by atomic mass is 79.9. The van der Waals surface area contributed by atoms with Gasteiger partial charge < -0.3 is 10.2 Å². The highest BCUT2D eigenvalue weighted by Crippen LogP contribution is 2.25. The predicted molar refractivity (Wildman–Crippen MR) is 149 cm³/mol. The lowest BCUT2D eigenvalue weighted by molar-refractivity contribution is -0.140. The van der Waals surface area contributed by atoms with Crippen molar-refractivity contribution in [1.82, 2.24) is 10.2 Å². The van der Waals surface area contributed by atoms with Crippen molar-refractivity contribution in [3.63, 3.8) is 0 Å². The van der Waals surface area contributed by atoms with Crippen molar-refractivity contribution in [2.24, 2.45) is 0 Å². The third-order valence-corrected chi connectivity index (χ3v) is 7.91. The van der Waals surface area contributed by atoms with Crippen LogP contribution in [0, 0.1) is 5.82 Å². The summed E-state index contributed by atoms with van der Waals surface area (Å²) in [5.41, 5.74) is 0.493. The third-order valence-electron chi connectivity index (χ3n) is 5.63. The molecule has 0 bridgehead atoms. The molecule has 1 atom stereocenters. The zero-order valence-corrected chi connectivity index (χ0v) is 24.1. The Morgan fingerprint density at radius 3 is 2.18 bits per heavy atom. The molecular formula is C28H31BrFN3O4S. The van der Waals surface area contributed by atoms with Gasteiger partial charge in [0.15, 0.2) is 0 Å². The summed E-state index contributed by atoms with van der Waals surface area (Å²) in [6.07, 6.45) is 0. The largest absolute Gasteiger partial charge is 0.350 e. The van der Waals surface area contributed by atoms with E-state index >= 15 is 0 Å². The molecule has 3 aromatic rings. The highest BCUT2D eigenvalue weighted by molar-refractivity contribution is 9.10. The maximum atomic E-state index is 13.8. The van der Waals surface area contributed by atoms with Crippen LogP contribution in [0.5, 0.6) is 0 Å². The number of nitrogens with one attached hydrogen (secondary N) is 1. The van der Waals surface area contributed by atoms with Gasteiger partial charge in [0, 0.05) is 16.6 Å². The Balaban J connectivity index is 2.01. The molecule has 0 spiro atoms. The van der Waals surface area contributed by atoms with E-state index in [-0.39, 0.29) is 23.0 Å². The molecule has 1 N–H and O–H groups in total. The molecule has 0 aliphatic rings. The smallest absolute Gasteiger partial charge is 0.264 e. The van der Waals surface area contributed by atoms with Gasteiger partial charge in [-0.2, -0.15) is 0 Å². The van der Waals surface area contributed by atoms with E-state index in [0.717, 1.165) is 38.6 Å². The van der Waals surface area contributed by atoms with E-state index in [1.54, 1.807) is 37.3 Å². The van der Waals surface area contributed by atoms with Gasteiger partial charge in [-0.3, -0.25) is 13.9 Å².